The van der Waals surface area contributed by atoms with Crippen molar-refractivity contribution in [1.82, 2.24) is 45.1 Å². The second kappa shape index (κ2) is 37.6. The van der Waals surface area contributed by atoms with Crippen molar-refractivity contribution in [1.29, 1.82) is 0 Å². The van der Waals surface area contributed by atoms with E-state index in [0.717, 1.165) is 120 Å². The van der Waals surface area contributed by atoms with Gasteiger partial charge in [0.05, 0.1) is 74.3 Å². The van der Waals surface area contributed by atoms with Crippen LogP contribution in [0.25, 0.3) is 5.57 Å². The predicted molar refractivity (Wildman–Crippen MR) is 409 cm³/mol. The number of ether oxygens (including phenoxy) is 6. The molecule has 10 N–H and O–H groups in total. The Balaban J connectivity index is 0.512. The van der Waals surface area contributed by atoms with Crippen LogP contribution >= 0.6 is 45.1 Å². The van der Waals surface area contributed by atoms with Crippen molar-refractivity contribution in [3.63, 3.8) is 0 Å². The number of phosphoric ester groups is 1. The lowest BCUT2D eigenvalue weighted by Crippen LogP contribution is -2.45. The number of phosphoric acid groups is 3. The van der Waals surface area contributed by atoms with E-state index in [1.165, 1.54) is 61.1 Å². The minimum atomic E-state index is -5.80. The number of nitrogen functional groups attached to an aromatic ring is 1. The average molecular weight is 1650 g/mol. The summed E-state index contributed by atoms with van der Waals surface area (Å²) >= 11 is 5.34. The number of fused-ring (bicyclic) bond motifs is 4. The van der Waals surface area contributed by atoms with Crippen LogP contribution in [0.3, 0.4) is 0 Å². The highest BCUT2D eigenvalue weighted by Crippen LogP contribution is 2.66. The van der Waals surface area contributed by atoms with Crippen LogP contribution in [0.2, 0.25) is 0 Å². The predicted octanol–water partition coefficient (Wildman–Crippen LogP) is 5.59. The van der Waals surface area contributed by atoms with Gasteiger partial charge in [-0.15, -0.1) is 5.10 Å². The number of aryl methyl sites for hydroxylation is 3. The zero-order chi connectivity index (χ0) is 77.7. The molecule has 110 heavy (non-hydrogen) atoms. The quantitative estimate of drug-likeness (QED) is 0.00577. The van der Waals surface area contributed by atoms with Crippen LogP contribution in [0.5, 0.6) is 11.5 Å². The van der Waals surface area contributed by atoms with E-state index in [0.29, 0.717) is 80.7 Å². The molecule has 1 fully saturated rings. The van der Waals surface area contributed by atoms with Gasteiger partial charge in [0.15, 0.2) is 0 Å². The van der Waals surface area contributed by atoms with Crippen molar-refractivity contribution in [2.24, 2.45) is 0 Å². The first-order valence-electron chi connectivity index (χ1n) is 35.8. The van der Waals surface area contributed by atoms with Gasteiger partial charge in [0.25, 0.3) is 5.91 Å². The van der Waals surface area contributed by atoms with Crippen molar-refractivity contribution in [2.45, 2.75) is 127 Å². The van der Waals surface area contributed by atoms with E-state index in [1.807, 2.05) is 31.2 Å². The first kappa shape index (κ1) is 82.2. The summed E-state index contributed by atoms with van der Waals surface area (Å²) < 4.78 is 88.6. The molecule has 8 heterocycles. The van der Waals surface area contributed by atoms with E-state index in [1.54, 1.807) is 29.1 Å². The number of amides is 3. The molecule has 0 bridgehead atoms. The number of unbranched alkanes of at least 4 members (excludes halogenated alkanes) is 1. The van der Waals surface area contributed by atoms with Gasteiger partial charge >= 0.3 is 41.2 Å². The molecule has 40 heteroatoms. The Bertz CT molecular complexity index is 4900. The van der Waals surface area contributed by atoms with E-state index in [4.69, 9.17) is 59.7 Å². The summed E-state index contributed by atoms with van der Waals surface area (Å²) in [5.41, 5.74) is 15.4. The first-order valence-corrected chi connectivity index (χ1v) is 45.2. The van der Waals surface area contributed by atoms with Crippen LogP contribution in [-0.2, 0) is 121 Å². The number of nitrogens with two attached hydrogens (primary N) is 1. The molecule has 0 spiro atoms. The zero-order valence-corrected chi connectivity index (χ0v) is 65.9. The monoisotopic (exact) mass is 1650 g/mol. The van der Waals surface area contributed by atoms with Gasteiger partial charge in [-0.1, -0.05) is 67.2 Å². The van der Waals surface area contributed by atoms with E-state index >= 15 is 0 Å². The topological polar surface area (TPSA) is 438 Å². The van der Waals surface area contributed by atoms with Crippen molar-refractivity contribution in [3.05, 3.63) is 149 Å². The summed E-state index contributed by atoms with van der Waals surface area (Å²) in [6, 6.07) is 17.0. The Hall–Kier alpha value is -7.27. The molecule has 4 aromatic carbocycles. The minimum Gasteiger partial charge on any atom is -0.478 e. The second-order valence-corrected chi connectivity index (χ2v) is 36.3. The number of hydrogen-bond donors (Lipinski definition) is 9. The number of aromatic nitrogens is 5. The van der Waals surface area contributed by atoms with Gasteiger partial charge in [-0.2, -0.15) is 13.6 Å². The highest BCUT2D eigenvalue weighted by Gasteiger charge is 2.45. The molecule has 6 aromatic rings. The van der Waals surface area contributed by atoms with E-state index in [2.05, 4.69) is 73.3 Å². The molecular formula is C70H85N11O22P3S4+. The fourth-order valence-corrected chi connectivity index (χ4v) is 19.3. The lowest BCUT2D eigenvalue weighted by Gasteiger charge is -2.39. The Morgan fingerprint density at radius 1 is 0.845 bits per heavy atom. The molecule has 3 amide bonds. The number of carboxylic acid groups (broad SMARTS) is 1. The number of carbonyl (C=O) groups excluding carboxylic acids is 3. The van der Waals surface area contributed by atoms with E-state index < -0.39 is 75.7 Å². The summed E-state index contributed by atoms with van der Waals surface area (Å²) in [5, 5.41) is 29.9. The number of alkyl carbamates (subject to hydrolysis) is 1. The summed E-state index contributed by atoms with van der Waals surface area (Å²) in [4.78, 5) is 110. The molecule has 6 aliphatic heterocycles. The molecule has 33 nitrogen and oxygen atoms in total. The summed E-state index contributed by atoms with van der Waals surface area (Å²) in [7, 11) is -14.6. The van der Waals surface area contributed by atoms with Crippen molar-refractivity contribution in [3.8, 4) is 23.3 Å². The third-order valence-electron chi connectivity index (χ3n) is 18.8. The van der Waals surface area contributed by atoms with Crippen molar-refractivity contribution >= 4 is 107 Å². The standard InChI is InChI=1S/C70H84N11O22P3S4/c1-2-110(107)43-98-57-37-60(100-58(57)41-99-105(91,92)103-106(93,94)102-104(88,89)90)81-39-48(66(71)75-69(81)86)11-5-22-73-70(87)97-31-4-3-29-96-42-108-109-50-19-16-44(17-20-50)33-59(82)72-23-32-95-30-10-28-80-40-49(76-77-80)38-74-67(83)47-18-21-51(68(84)85)54(36-47)61-55-34-45-12-6-24-78-26-8-14-52(62(45)78)64(55)101-65-53-15-9-27-79-25-7-13-46(63(53)79)35-56(61)65/h16-21,34-36,39-40,57-58,60H,2-4,6-10,12-15,22-33,37-38,41-43H2,1H3,(H9-,71,72,73,74,75,82,83,84,85,86,87,88,89,90,91,92,93,94)/p+1/t57?,58-,60-,110?/m1/s1. The smallest absolute Gasteiger partial charge is 0.478 e. The number of hydrogen-bond acceptors (Lipinski definition) is 25. The molecule has 0 aliphatic carbocycles. The number of rotatable bonds is 36. The molecule has 4 unspecified atom stereocenters. The first-order chi connectivity index (χ1) is 52.9. The molecule has 0 saturated carbocycles. The van der Waals surface area contributed by atoms with Gasteiger partial charge in [-0.05, 0) is 134 Å². The SMILES string of the molecule is CCS(=S)COC1C[C@H](n2cc(C#CCNC(=O)OCCCCOCSSc3ccc(CC(=O)NCCOCCCn4cc(CNC(=O)c5ccc(C(=O)O)c(C6=c7cc8c9c(c7Oc7c6cc6c%10c7CCCN%10CCC6)CCC[N+]=9CCC8)c5)nn4)cc3)c(N)nc2=O)O[C@@H]1COP(=O)(O)OP(=O)(O)OP(=O)(O)O. The highest BCUT2D eigenvalue weighted by atomic mass is 33.1. The zero-order valence-electron chi connectivity index (χ0n) is 59.9. The number of nitrogens with zero attached hydrogens (tertiary/aromatic N) is 7. The van der Waals surface area contributed by atoms with Crippen LogP contribution in [0.1, 0.15) is 135 Å². The Morgan fingerprint density at radius 2 is 1.61 bits per heavy atom. The normalized spacial score (nSPS) is 18.2. The molecule has 12 rings (SSSR count). The lowest BCUT2D eigenvalue weighted by atomic mass is 9.81. The lowest BCUT2D eigenvalue weighted by molar-refractivity contribution is -0.120. The fourth-order valence-electron chi connectivity index (χ4n) is 13.9. The summed E-state index contributed by atoms with van der Waals surface area (Å²) in [5.74, 6) is 6.25. The van der Waals surface area contributed by atoms with Crippen LogP contribution in [0.4, 0.5) is 16.3 Å². The van der Waals surface area contributed by atoms with Gasteiger partial charge in [0, 0.05) is 108 Å². The number of aromatic carboxylic acids is 1. The third-order valence-corrected chi connectivity index (χ3v) is 26.7. The van der Waals surface area contributed by atoms with Crippen LogP contribution < -0.4 is 52.2 Å². The second-order valence-electron chi connectivity index (χ2n) is 26.5. The fraction of sp³-hybridized carbons (Fsp3) is 0.471. The average Bonchev–Trinajstić information content (AvgIpc) is 0.814. The minimum absolute atomic E-state index is 0.0469. The molecule has 590 valence electrons. The van der Waals surface area contributed by atoms with Gasteiger partial charge in [-0.3, -0.25) is 23.4 Å². The Kier molecular flexibility index (Phi) is 28.1. The molecule has 1 saturated heterocycles. The molecule has 6 atom stereocenters. The number of nitrogens with one attached hydrogen (secondary N) is 3. The largest absolute Gasteiger partial charge is 0.490 e. The maximum absolute atomic E-state index is 14.1. The summed E-state index contributed by atoms with van der Waals surface area (Å²) in [6.07, 6.45) is 8.57. The van der Waals surface area contributed by atoms with Crippen molar-refractivity contribution in [2.75, 3.05) is 101 Å². The van der Waals surface area contributed by atoms with Gasteiger partial charge in [0.2, 0.25) is 11.3 Å². The third kappa shape index (κ3) is 21.5. The maximum Gasteiger partial charge on any atom is 0.490 e. The molecule has 6 aliphatic rings. The molecule has 2 aromatic heterocycles. The van der Waals surface area contributed by atoms with Crippen molar-refractivity contribution < 1.29 is 99.1 Å². The highest BCUT2D eigenvalue weighted by molar-refractivity contribution is 8.76. The van der Waals surface area contributed by atoms with Gasteiger partial charge in [-0.25, -0.2) is 32.7 Å². The molecular weight excluding hydrogens is 1570 g/mol. The van der Waals surface area contributed by atoms with E-state index in [9.17, 15) is 52.6 Å². The number of carboxylic acids is 1. The Morgan fingerprint density at radius 3 is 2.40 bits per heavy atom. The van der Waals surface area contributed by atoms with Crippen LogP contribution in [-0.4, -0.2) is 175 Å². The van der Waals surface area contributed by atoms with Gasteiger partial charge < -0.3 is 79.7 Å². The van der Waals surface area contributed by atoms with Crippen LogP contribution in [0, 0.1) is 11.8 Å². The number of benzene rings is 4. The number of anilines is 2. The maximum atomic E-state index is 14.1. The summed E-state index contributed by atoms with van der Waals surface area (Å²) in [6.45, 7) is 7.06. The molecule has 0 radical (unpaired) electrons. The number of carbonyl (C=O) groups is 4. The van der Waals surface area contributed by atoms with Gasteiger partial charge in [0.1, 0.15) is 54.4 Å². The van der Waals surface area contributed by atoms with Crippen LogP contribution in [0.15, 0.2) is 76.7 Å². The Labute approximate surface area is 647 Å². The van der Waals surface area contributed by atoms with E-state index in [-0.39, 0.29) is 67.2 Å².